The average Bonchev–Trinajstić information content (AvgIpc) is 3.30. The van der Waals surface area contributed by atoms with Crippen molar-refractivity contribution in [2.75, 3.05) is 19.8 Å². The zero-order valence-electron chi connectivity index (χ0n) is 21.9. The first-order valence-electron chi connectivity index (χ1n) is 12.9. The van der Waals surface area contributed by atoms with Gasteiger partial charge < -0.3 is 19.5 Å². The largest absolute Gasteiger partial charge is 0.455 e. The van der Waals surface area contributed by atoms with Gasteiger partial charge in [-0.25, -0.2) is 14.4 Å². The Bertz CT molecular complexity index is 1290. The fourth-order valence-corrected chi connectivity index (χ4v) is 4.55. The number of hydrogen-bond acceptors (Lipinski definition) is 7. The summed E-state index contributed by atoms with van der Waals surface area (Å²) in [4.78, 5) is 49.6. The summed E-state index contributed by atoms with van der Waals surface area (Å²) in [6.07, 6.45) is -0.186. The van der Waals surface area contributed by atoms with Crippen LogP contribution < -0.4 is 5.32 Å². The highest BCUT2D eigenvalue weighted by Crippen LogP contribution is 2.44. The zero-order valence-corrected chi connectivity index (χ0v) is 21.9. The fraction of sp³-hybridized carbons (Fsp3) is 0.290. The van der Waals surface area contributed by atoms with Gasteiger partial charge in [-0.05, 0) is 28.2 Å². The molecule has 1 amide bonds. The molecule has 202 valence electrons. The maximum Gasteiger partial charge on any atom is 0.407 e. The van der Waals surface area contributed by atoms with Gasteiger partial charge in [-0.2, -0.15) is 0 Å². The van der Waals surface area contributed by atoms with Gasteiger partial charge in [0.2, 0.25) is 0 Å². The van der Waals surface area contributed by atoms with E-state index in [0.717, 1.165) is 22.3 Å². The predicted molar refractivity (Wildman–Crippen MR) is 144 cm³/mol. The molecule has 0 heterocycles. The molecule has 1 aliphatic rings. The zero-order chi connectivity index (χ0) is 27.8. The van der Waals surface area contributed by atoms with Crippen LogP contribution in [0.2, 0.25) is 0 Å². The Labute approximate surface area is 227 Å². The van der Waals surface area contributed by atoms with E-state index in [1.165, 1.54) is 0 Å². The van der Waals surface area contributed by atoms with Crippen molar-refractivity contribution in [3.8, 4) is 11.1 Å². The monoisotopic (exact) mass is 529 g/mol. The Kier molecular flexibility index (Phi) is 9.10. The maximum atomic E-state index is 12.8. The molecular formula is C31H31NO7. The lowest BCUT2D eigenvalue weighted by Crippen LogP contribution is -2.46. The van der Waals surface area contributed by atoms with Gasteiger partial charge in [-0.3, -0.25) is 4.79 Å². The minimum Gasteiger partial charge on any atom is -0.455 e. The van der Waals surface area contributed by atoms with Crippen molar-refractivity contribution in [1.82, 2.24) is 5.32 Å². The highest BCUT2D eigenvalue weighted by Gasteiger charge is 2.31. The van der Waals surface area contributed by atoms with Crippen LogP contribution in [0.15, 0.2) is 78.9 Å². The van der Waals surface area contributed by atoms with Gasteiger partial charge in [-0.1, -0.05) is 99.1 Å². The lowest BCUT2D eigenvalue weighted by molar-refractivity contribution is -0.160. The number of hydrogen-bond donors (Lipinski definition) is 1. The van der Waals surface area contributed by atoms with Crippen LogP contribution in [-0.2, 0) is 23.8 Å². The number of nitrogens with one attached hydrogen (secondary N) is 1. The van der Waals surface area contributed by atoms with Crippen molar-refractivity contribution >= 4 is 23.8 Å². The van der Waals surface area contributed by atoms with Gasteiger partial charge in [-0.15, -0.1) is 0 Å². The second kappa shape index (κ2) is 12.9. The van der Waals surface area contributed by atoms with Gasteiger partial charge in [0.25, 0.3) is 0 Å². The van der Waals surface area contributed by atoms with Crippen LogP contribution in [0.3, 0.4) is 0 Å². The standard InChI is InChI=1S/C31H31NO7/c1-3-20(2)29(30(35)38-19-28(34)37-18-27(33)21-11-5-4-6-12-21)32-31(36)39-17-26-24-15-9-7-13-22(24)23-14-8-10-16-25(23)26/h4-16,20,26,29H,3,17-19H2,1-2H3,(H,32,36)/t20-,29-/m0/s1. The third-order valence-corrected chi connectivity index (χ3v) is 6.88. The first-order valence-corrected chi connectivity index (χ1v) is 12.9. The minimum absolute atomic E-state index is 0.101. The molecule has 0 spiro atoms. The molecule has 0 bridgehead atoms. The summed E-state index contributed by atoms with van der Waals surface area (Å²) in [6, 6.07) is 23.4. The second-order valence-electron chi connectivity index (χ2n) is 9.39. The topological polar surface area (TPSA) is 108 Å². The fourth-order valence-electron chi connectivity index (χ4n) is 4.55. The number of alkyl carbamates (subject to hydrolysis) is 1. The quantitative estimate of drug-likeness (QED) is 0.214. The average molecular weight is 530 g/mol. The van der Waals surface area contributed by atoms with Crippen molar-refractivity contribution in [1.29, 1.82) is 0 Å². The molecule has 0 aromatic heterocycles. The molecule has 0 saturated heterocycles. The Morgan fingerprint density at radius 3 is 1.97 bits per heavy atom. The summed E-state index contributed by atoms with van der Waals surface area (Å²) in [5.41, 5.74) is 4.79. The van der Waals surface area contributed by atoms with Gasteiger partial charge in [0, 0.05) is 11.5 Å². The van der Waals surface area contributed by atoms with E-state index < -0.39 is 37.3 Å². The third-order valence-electron chi connectivity index (χ3n) is 6.88. The Hall–Kier alpha value is -4.46. The Morgan fingerprint density at radius 1 is 0.769 bits per heavy atom. The van der Waals surface area contributed by atoms with Crippen LogP contribution in [0.25, 0.3) is 11.1 Å². The van der Waals surface area contributed by atoms with Crippen molar-refractivity contribution in [3.05, 3.63) is 95.6 Å². The molecule has 8 heteroatoms. The first kappa shape index (κ1) is 27.6. The second-order valence-corrected chi connectivity index (χ2v) is 9.39. The minimum atomic E-state index is -1.02. The number of carbonyl (C=O) groups excluding carboxylic acids is 4. The summed E-state index contributed by atoms with van der Waals surface area (Å²) in [7, 11) is 0. The van der Waals surface area contributed by atoms with Gasteiger partial charge >= 0.3 is 18.0 Å². The molecule has 2 atom stereocenters. The normalized spacial score (nSPS) is 13.4. The molecule has 0 fully saturated rings. The highest BCUT2D eigenvalue weighted by atomic mass is 16.6. The van der Waals surface area contributed by atoms with E-state index in [-0.39, 0.29) is 24.2 Å². The van der Waals surface area contributed by atoms with Gasteiger partial charge in [0.05, 0.1) is 0 Å². The third kappa shape index (κ3) is 6.71. The molecule has 0 radical (unpaired) electrons. The SMILES string of the molecule is CC[C@H](C)[C@H](NC(=O)OCC1c2ccccc2-c2ccccc21)C(=O)OCC(=O)OCC(=O)c1ccccc1. The smallest absolute Gasteiger partial charge is 0.407 e. The number of carbonyl (C=O) groups is 4. The molecule has 0 unspecified atom stereocenters. The lowest BCUT2D eigenvalue weighted by atomic mass is 9.98. The molecule has 3 aromatic carbocycles. The number of ketones is 1. The maximum absolute atomic E-state index is 12.8. The van der Waals surface area contributed by atoms with Crippen molar-refractivity contribution in [3.63, 3.8) is 0 Å². The number of ether oxygens (including phenoxy) is 3. The molecule has 8 nitrogen and oxygen atoms in total. The summed E-state index contributed by atoms with van der Waals surface area (Å²) in [5.74, 6) is -2.43. The van der Waals surface area contributed by atoms with Crippen LogP contribution in [0, 0.1) is 5.92 Å². The predicted octanol–water partition coefficient (Wildman–Crippen LogP) is 4.91. The molecule has 0 aliphatic heterocycles. The van der Waals surface area contributed by atoms with Crippen LogP contribution >= 0.6 is 0 Å². The number of Topliss-reactive ketones (excluding diaryl/α,β-unsaturated/α-hetero) is 1. The van der Waals surface area contributed by atoms with Gasteiger partial charge in [0.1, 0.15) is 12.6 Å². The number of benzene rings is 3. The number of rotatable bonds is 11. The van der Waals surface area contributed by atoms with E-state index in [9.17, 15) is 19.2 Å². The molecule has 3 aromatic rings. The van der Waals surface area contributed by atoms with Crippen LogP contribution in [0.1, 0.15) is 47.7 Å². The van der Waals surface area contributed by atoms with E-state index >= 15 is 0 Å². The van der Waals surface area contributed by atoms with Crippen molar-refractivity contribution in [2.45, 2.75) is 32.2 Å². The van der Waals surface area contributed by atoms with Gasteiger partial charge in [0.15, 0.2) is 19.0 Å². The van der Waals surface area contributed by atoms with E-state index in [2.05, 4.69) is 5.32 Å². The van der Waals surface area contributed by atoms with Crippen LogP contribution in [0.5, 0.6) is 0 Å². The van der Waals surface area contributed by atoms with Crippen LogP contribution in [-0.4, -0.2) is 49.7 Å². The van der Waals surface area contributed by atoms with E-state index in [1.54, 1.807) is 37.3 Å². The molecular weight excluding hydrogens is 498 g/mol. The Morgan fingerprint density at radius 2 is 1.36 bits per heavy atom. The summed E-state index contributed by atoms with van der Waals surface area (Å²) in [6.45, 7) is 2.61. The Balaban J connectivity index is 1.29. The first-order chi connectivity index (χ1) is 18.9. The number of esters is 2. The van der Waals surface area contributed by atoms with E-state index in [1.807, 2.05) is 55.5 Å². The summed E-state index contributed by atoms with van der Waals surface area (Å²) < 4.78 is 15.6. The summed E-state index contributed by atoms with van der Waals surface area (Å²) in [5, 5.41) is 2.59. The van der Waals surface area contributed by atoms with E-state index in [4.69, 9.17) is 14.2 Å². The van der Waals surface area contributed by atoms with E-state index in [0.29, 0.717) is 12.0 Å². The molecule has 1 aliphatic carbocycles. The molecule has 4 rings (SSSR count). The molecule has 1 N–H and O–H groups in total. The summed E-state index contributed by atoms with van der Waals surface area (Å²) >= 11 is 0. The van der Waals surface area contributed by atoms with Crippen molar-refractivity contribution < 1.29 is 33.4 Å². The van der Waals surface area contributed by atoms with Crippen molar-refractivity contribution in [2.24, 2.45) is 5.92 Å². The highest BCUT2D eigenvalue weighted by molar-refractivity contribution is 5.98. The van der Waals surface area contributed by atoms with Crippen LogP contribution in [0.4, 0.5) is 4.79 Å². The molecule has 39 heavy (non-hydrogen) atoms. The lowest BCUT2D eigenvalue weighted by Gasteiger charge is -2.23. The number of amides is 1. The number of fused-ring (bicyclic) bond motifs is 3. The molecule has 0 saturated carbocycles.